The number of benzene rings is 11. The summed E-state index contributed by atoms with van der Waals surface area (Å²) in [4.78, 5) is 4.63. The van der Waals surface area contributed by atoms with E-state index in [0.29, 0.717) is 0 Å². The zero-order valence-corrected chi connectivity index (χ0v) is 37.2. The molecule has 0 aliphatic carbocycles. The van der Waals surface area contributed by atoms with Crippen molar-refractivity contribution >= 4 is 111 Å². The second-order valence-corrected chi connectivity index (χ2v) is 17.6. The zero-order valence-electron chi connectivity index (χ0n) is 37.2. The second kappa shape index (κ2) is 15.7. The van der Waals surface area contributed by atoms with E-state index in [2.05, 4.69) is 228 Å². The van der Waals surface area contributed by atoms with Gasteiger partial charge in [0, 0.05) is 61.2 Å². The summed E-state index contributed by atoms with van der Waals surface area (Å²) < 4.78 is 20.6. The Hall–Kier alpha value is -9.32. The number of nitrogens with zero attached hydrogens (tertiary/aromatic N) is 2. The predicted octanol–water partition coefficient (Wildman–Crippen LogP) is 18.8. The largest absolute Gasteiger partial charge is 0.456 e. The van der Waals surface area contributed by atoms with Gasteiger partial charge >= 0.3 is 0 Å². The standard InChI is InChI=1S/C64H40N2O3/c1-3-17-41(18-4-1)43-21-13-23-45(37-43)65(55-31-15-29-52-49-26-9-11-33-58(49)68-63(52)55)47-35-36-54-60(39-47)67-61-40-57(48-25-7-8-28-51(48)62(54)61)66(46-24-14-22-44(38-46)42-19-5-2-6-20-42)56-32-16-30-53-50-27-10-12-34-59(50)69-64(53)56/h1-40H. The van der Waals surface area contributed by atoms with Crippen molar-refractivity contribution in [3.05, 3.63) is 243 Å². The summed E-state index contributed by atoms with van der Waals surface area (Å²) in [5.41, 5.74) is 15.2. The van der Waals surface area contributed by atoms with Crippen LogP contribution in [0.1, 0.15) is 0 Å². The summed E-state index contributed by atoms with van der Waals surface area (Å²) in [7, 11) is 0. The fourth-order valence-electron chi connectivity index (χ4n) is 10.5. The van der Waals surface area contributed by atoms with Crippen molar-refractivity contribution in [3.63, 3.8) is 0 Å². The van der Waals surface area contributed by atoms with Gasteiger partial charge in [0.2, 0.25) is 0 Å². The van der Waals surface area contributed by atoms with Crippen LogP contribution in [0.15, 0.2) is 256 Å². The summed E-state index contributed by atoms with van der Waals surface area (Å²) in [6.45, 7) is 0. The third-order valence-corrected chi connectivity index (χ3v) is 13.6. The number of hydrogen-bond acceptors (Lipinski definition) is 5. The van der Waals surface area contributed by atoms with E-state index < -0.39 is 0 Å². The number of anilines is 6. The average molecular weight is 885 g/mol. The summed E-state index contributed by atoms with van der Waals surface area (Å²) >= 11 is 0. The Morgan fingerprint density at radius 3 is 1.30 bits per heavy atom. The Bertz CT molecular complexity index is 4280. The molecule has 0 aliphatic rings. The van der Waals surface area contributed by atoms with Gasteiger partial charge in [-0.3, -0.25) is 0 Å². The summed E-state index contributed by atoms with van der Waals surface area (Å²) in [5.74, 6) is 0. The molecule has 324 valence electrons. The highest BCUT2D eigenvalue weighted by Gasteiger charge is 2.26. The van der Waals surface area contributed by atoms with Gasteiger partial charge in [0.1, 0.15) is 22.3 Å². The van der Waals surface area contributed by atoms with Gasteiger partial charge in [0.25, 0.3) is 0 Å². The normalized spacial score (nSPS) is 11.8. The van der Waals surface area contributed by atoms with Gasteiger partial charge in [0.05, 0.1) is 22.7 Å². The lowest BCUT2D eigenvalue weighted by atomic mass is 9.99. The lowest BCUT2D eigenvalue weighted by molar-refractivity contribution is 0.667. The maximum atomic E-state index is 7.14. The minimum Gasteiger partial charge on any atom is -0.456 e. The first-order valence-electron chi connectivity index (χ1n) is 23.3. The molecule has 5 heteroatoms. The van der Waals surface area contributed by atoms with Crippen LogP contribution in [0.5, 0.6) is 0 Å². The number of hydrogen-bond donors (Lipinski definition) is 0. The Balaban J connectivity index is 0.998. The molecule has 0 unspecified atom stereocenters. The highest BCUT2D eigenvalue weighted by molar-refractivity contribution is 6.23. The van der Waals surface area contributed by atoms with Crippen LogP contribution < -0.4 is 9.80 Å². The molecule has 14 aromatic rings. The van der Waals surface area contributed by atoms with Crippen LogP contribution in [0.2, 0.25) is 0 Å². The van der Waals surface area contributed by atoms with Gasteiger partial charge in [-0.25, -0.2) is 0 Å². The molecule has 3 aromatic heterocycles. The molecule has 14 rings (SSSR count). The molecule has 0 bridgehead atoms. The molecule has 0 N–H and O–H groups in total. The van der Waals surface area contributed by atoms with Gasteiger partial charge in [-0.2, -0.15) is 0 Å². The van der Waals surface area contributed by atoms with Crippen molar-refractivity contribution in [2.45, 2.75) is 0 Å². The molecule has 0 saturated heterocycles. The average Bonchev–Trinajstić information content (AvgIpc) is 4.12. The van der Waals surface area contributed by atoms with Crippen molar-refractivity contribution in [2.75, 3.05) is 9.80 Å². The van der Waals surface area contributed by atoms with Crippen LogP contribution in [0, 0.1) is 0 Å². The fourth-order valence-corrected chi connectivity index (χ4v) is 10.5. The molecular weight excluding hydrogens is 845 g/mol. The molecule has 0 radical (unpaired) electrons. The van der Waals surface area contributed by atoms with Crippen molar-refractivity contribution in [3.8, 4) is 22.3 Å². The van der Waals surface area contributed by atoms with Gasteiger partial charge in [-0.15, -0.1) is 0 Å². The quantitative estimate of drug-likeness (QED) is 0.152. The smallest absolute Gasteiger partial charge is 0.159 e. The van der Waals surface area contributed by atoms with Crippen molar-refractivity contribution < 1.29 is 13.3 Å². The Labute approximate surface area is 396 Å². The molecular formula is C64H40N2O3. The lowest BCUT2D eigenvalue weighted by Gasteiger charge is -2.27. The van der Waals surface area contributed by atoms with Crippen LogP contribution in [0.3, 0.4) is 0 Å². The van der Waals surface area contributed by atoms with Crippen LogP contribution in [0.25, 0.3) is 98.8 Å². The molecule has 3 heterocycles. The molecule has 0 aliphatic heterocycles. The third kappa shape index (κ3) is 6.32. The highest BCUT2D eigenvalue weighted by atomic mass is 16.3. The Morgan fingerprint density at radius 1 is 0.232 bits per heavy atom. The number of fused-ring (bicyclic) bond motifs is 11. The molecule has 0 spiro atoms. The topological polar surface area (TPSA) is 45.9 Å². The van der Waals surface area contributed by atoms with E-state index in [1.54, 1.807) is 0 Å². The molecule has 5 nitrogen and oxygen atoms in total. The van der Waals surface area contributed by atoms with Crippen LogP contribution >= 0.6 is 0 Å². The minimum absolute atomic E-state index is 0.780. The summed E-state index contributed by atoms with van der Waals surface area (Å²) in [6.07, 6.45) is 0. The highest BCUT2D eigenvalue weighted by Crippen LogP contribution is 2.49. The predicted molar refractivity (Wildman–Crippen MR) is 286 cm³/mol. The monoisotopic (exact) mass is 884 g/mol. The first-order chi connectivity index (χ1) is 34.2. The first kappa shape index (κ1) is 38.9. The first-order valence-corrected chi connectivity index (χ1v) is 23.3. The lowest BCUT2D eigenvalue weighted by Crippen LogP contribution is -2.11. The minimum atomic E-state index is 0.780. The van der Waals surface area contributed by atoms with Crippen molar-refractivity contribution in [1.29, 1.82) is 0 Å². The summed E-state index contributed by atoms with van der Waals surface area (Å²) in [6, 6.07) is 85.4. The van der Waals surface area contributed by atoms with E-state index in [1.807, 2.05) is 24.3 Å². The molecule has 0 fully saturated rings. The molecule has 11 aromatic carbocycles. The zero-order chi connectivity index (χ0) is 45.4. The van der Waals surface area contributed by atoms with Gasteiger partial charge in [-0.1, -0.05) is 170 Å². The van der Waals surface area contributed by atoms with Gasteiger partial charge in [-0.05, 0) is 88.3 Å². The maximum absolute atomic E-state index is 7.14. The third-order valence-electron chi connectivity index (χ3n) is 13.6. The van der Waals surface area contributed by atoms with Crippen LogP contribution in [-0.2, 0) is 0 Å². The van der Waals surface area contributed by atoms with Gasteiger partial charge < -0.3 is 23.1 Å². The number of para-hydroxylation sites is 4. The van der Waals surface area contributed by atoms with E-state index in [-0.39, 0.29) is 0 Å². The van der Waals surface area contributed by atoms with E-state index in [0.717, 1.165) is 133 Å². The molecule has 69 heavy (non-hydrogen) atoms. The van der Waals surface area contributed by atoms with E-state index in [9.17, 15) is 0 Å². The van der Waals surface area contributed by atoms with Crippen molar-refractivity contribution in [2.24, 2.45) is 0 Å². The number of furan rings is 3. The number of rotatable bonds is 8. The van der Waals surface area contributed by atoms with Crippen LogP contribution in [0.4, 0.5) is 34.1 Å². The Kier molecular flexibility index (Phi) is 8.83. The van der Waals surface area contributed by atoms with E-state index >= 15 is 0 Å². The van der Waals surface area contributed by atoms with Crippen molar-refractivity contribution in [1.82, 2.24) is 0 Å². The van der Waals surface area contributed by atoms with E-state index in [1.165, 1.54) is 0 Å². The summed E-state index contributed by atoms with van der Waals surface area (Å²) in [5, 5.41) is 8.57. The molecule has 0 saturated carbocycles. The van der Waals surface area contributed by atoms with Gasteiger partial charge in [0.15, 0.2) is 11.2 Å². The molecule has 0 atom stereocenters. The maximum Gasteiger partial charge on any atom is 0.159 e. The SMILES string of the molecule is c1ccc(-c2cccc(N(c3ccc4c(c3)oc3cc(N(c5cccc(-c6ccccc6)c5)c5cccc6c5oc5ccccc56)c5ccccc5c34)c3cccc4c3oc3ccccc34)c2)cc1. The Morgan fingerprint density at radius 2 is 0.696 bits per heavy atom. The molecule has 0 amide bonds. The van der Waals surface area contributed by atoms with E-state index in [4.69, 9.17) is 13.3 Å². The fraction of sp³-hybridized carbons (Fsp3) is 0. The van der Waals surface area contributed by atoms with Crippen LogP contribution in [-0.4, -0.2) is 0 Å². The second-order valence-electron chi connectivity index (χ2n) is 17.6.